The van der Waals surface area contributed by atoms with Gasteiger partial charge in [-0.2, -0.15) is 0 Å². The largest absolute Gasteiger partial charge is 0.393 e. The van der Waals surface area contributed by atoms with Crippen LogP contribution in [0, 0.1) is 22.7 Å². The lowest BCUT2D eigenvalue weighted by Gasteiger charge is -2.54. The second kappa shape index (κ2) is 4.68. The van der Waals surface area contributed by atoms with Crippen LogP contribution in [0.5, 0.6) is 0 Å². The highest BCUT2D eigenvalue weighted by Gasteiger charge is 2.56. The van der Waals surface area contributed by atoms with Crippen molar-refractivity contribution in [2.75, 3.05) is 0 Å². The summed E-state index contributed by atoms with van der Waals surface area (Å²) in [5, 5.41) is 30.7. The fourth-order valence-electron chi connectivity index (χ4n) is 6.01. The van der Waals surface area contributed by atoms with Gasteiger partial charge in [0.15, 0.2) is 0 Å². The van der Waals surface area contributed by atoms with Crippen molar-refractivity contribution < 1.29 is 15.3 Å². The summed E-state index contributed by atoms with van der Waals surface area (Å²) in [6, 6.07) is 0. The lowest BCUT2D eigenvalue weighted by molar-refractivity contribution is -0.0491. The SMILES string of the molecule is C[C@]12CC(O)C(O)CC1=CC=C1[C@H]2CC[C@]2(C)C(O)CC[C@@H]12. The molecular formula is C19H28O3. The standard InChI is InChI=1S/C19H28O3/c1-18-8-7-14-12(13(18)5-6-17(18)22)4-3-11-9-15(20)16(21)10-19(11,14)2/h3-4,13-17,20-22H,5-10H2,1-2H3/t13-,14+,15?,16?,17?,18-,19-/m0/s1. The molecule has 22 heavy (non-hydrogen) atoms. The maximum absolute atomic E-state index is 10.4. The van der Waals surface area contributed by atoms with E-state index in [4.69, 9.17) is 0 Å². The summed E-state index contributed by atoms with van der Waals surface area (Å²) in [7, 11) is 0. The third-order valence-electron chi connectivity index (χ3n) is 7.55. The van der Waals surface area contributed by atoms with Gasteiger partial charge >= 0.3 is 0 Å². The Morgan fingerprint density at radius 2 is 1.73 bits per heavy atom. The van der Waals surface area contributed by atoms with E-state index in [0.29, 0.717) is 24.7 Å². The van der Waals surface area contributed by atoms with E-state index in [1.54, 1.807) is 0 Å². The average Bonchev–Trinajstić information content (AvgIpc) is 2.77. The van der Waals surface area contributed by atoms with Crippen LogP contribution in [0.2, 0.25) is 0 Å². The molecule has 0 aromatic carbocycles. The van der Waals surface area contributed by atoms with Crippen LogP contribution in [0.25, 0.3) is 0 Å². The first-order valence-corrected chi connectivity index (χ1v) is 8.81. The predicted octanol–water partition coefficient (Wildman–Crippen LogP) is 2.56. The summed E-state index contributed by atoms with van der Waals surface area (Å²) in [5.74, 6) is 0.956. The van der Waals surface area contributed by atoms with Crippen LogP contribution in [-0.4, -0.2) is 33.6 Å². The number of rotatable bonds is 0. The van der Waals surface area contributed by atoms with E-state index in [1.165, 1.54) is 11.1 Å². The maximum Gasteiger partial charge on any atom is 0.0836 e. The zero-order chi connectivity index (χ0) is 15.7. The summed E-state index contributed by atoms with van der Waals surface area (Å²) in [5.41, 5.74) is 2.83. The summed E-state index contributed by atoms with van der Waals surface area (Å²) in [4.78, 5) is 0. The molecule has 0 aliphatic heterocycles. The fraction of sp³-hybridized carbons (Fsp3) is 0.789. The number of fused-ring (bicyclic) bond motifs is 5. The summed E-state index contributed by atoms with van der Waals surface area (Å²) >= 11 is 0. The molecule has 0 aromatic heterocycles. The number of aliphatic hydroxyl groups is 3. The molecule has 4 aliphatic carbocycles. The van der Waals surface area contributed by atoms with Crippen LogP contribution in [0.15, 0.2) is 23.3 Å². The topological polar surface area (TPSA) is 60.7 Å². The second-order valence-corrected chi connectivity index (χ2v) is 8.56. The Balaban J connectivity index is 1.74. The van der Waals surface area contributed by atoms with E-state index < -0.39 is 12.2 Å². The molecule has 3 saturated carbocycles. The van der Waals surface area contributed by atoms with E-state index in [-0.39, 0.29) is 16.9 Å². The predicted molar refractivity (Wildman–Crippen MR) is 85.1 cm³/mol. The van der Waals surface area contributed by atoms with Crippen molar-refractivity contribution >= 4 is 0 Å². The summed E-state index contributed by atoms with van der Waals surface area (Å²) < 4.78 is 0. The molecule has 0 amide bonds. The zero-order valence-corrected chi connectivity index (χ0v) is 13.6. The highest BCUT2D eigenvalue weighted by atomic mass is 16.3. The molecule has 3 N–H and O–H groups in total. The van der Waals surface area contributed by atoms with Crippen LogP contribution < -0.4 is 0 Å². The highest BCUT2D eigenvalue weighted by molar-refractivity contribution is 5.39. The monoisotopic (exact) mass is 304 g/mol. The minimum absolute atomic E-state index is 0.0163. The highest BCUT2D eigenvalue weighted by Crippen LogP contribution is 2.63. The van der Waals surface area contributed by atoms with Crippen molar-refractivity contribution in [2.24, 2.45) is 22.7 Å². The van der Waals surface area contributed by atoms with Gasteiger partial charge in [-0.25, -0.2) is 0 Å². The van der Waals surface area contributed by atoms with E-state index in [1.807, 2.05) is 0 Å². The molecule has 3 fully saturated rings. The van der Waals surface area contributed by atoms with Crippen LogP contribution in [0.1, 0.15) is 52.4 Å². The molecule has 4 rings (SSSR count). The van der Waals surface area contributed by atoms with Crippen LogP contribution in [0.3, 0.4) is 0 Å². The maximum atomic E-state index is 10.4. The van der Waals surface area contributed by atoms with Gasteiger partial charge in [0.25, 0.3) is 0 Å². The minimum atomic E-state index is -0.614. The first-order chi connectivity index (χ1) is 10.4. The van der Waals surface area contributed by atoms with Gasteiger partial charge in [-0.3, -0.25) is 0 Å². The Kier molecular flexibility index (Phi) is 3.18. The van der Waals surface area contributed by atoms with Crippen molar-refractivity contribution in [2.45, 2.75) is 70.7 Å². The molecule has 0 radical (unpaired) electrons. The van der Waals surface area contributed by atoms with Crippen molar-refractivity contribution in [3.63, 3.8) is 0 Å². The Morgan fingerprint density at radius 1 is 0.955 bits per heavy atom. The molecule has 0 bridgehead atoms. The van der Waals surface area contributed by atoms with Gasteiger partial charge < -0.3 is 15.3 Å². The minimum Gasteiger partial charge on any atom is -0.393 e. The second-order valence-electron chi connectivity index (χ2n) is 8.56. The molecule has 3 heteroatoms. The molecule has 0 spiro atoms. The Labute approximate surface area is 132 Å². The van der Waals surface area contributed by atoms with Crippen molar-refractivity contribution in [1.82, 2.24) is 0 Å². The molecule has 0 aromatic rings. The molecule has 3 unspecified atom stereocenters. The first-order valence-electron chi connectivity index (χ1n) is 8.81. The Morgan fingerprint density at radius 3 is 2.50 bits per heavy atom. The molecule has 0 heterocycles. The summed E-state index contributed by atoms with van der Waals surface area (Å²) in [6.45, 7) is 4.53. The molecule has 0 saturated heterocycles. The Bertz CT molecular complexity index is 551. The van der Waals surface area contributed by atoms with E-state index in [0.717, 1.165) is 25.7 Å². The molecule has 3 nitrogen and oxygen atoms in total. The van der Waals surface area contributed by atoms with Crippen LogP contribution in [-0.2, 0) is 0 Å². The van der Waals surface area contributed by atoms with Gasteiger partial charge in [-0.1, -0.05) is 37.1 Å². The van der Waals surface area contributed by atoms with Crippen molar-refractivity contribution in [3.8, 4) is 0 Å². The normalized spacial score (nSPS) is 54.0. The van der Waals surface area contributed by atoms with Crippen molar-refractivity contribution in [3.05, 3.63) is 23.3 Å². The quantitative estimate of drug-likeness (QED) is 0.644. The van der Waals surface area contributed by atoms with Crippen LogP contribution >= 0.6 is 0 Å². The first kappa shape index (κ1) is 14.9. The number of hydrogen-bond donors (Lipinski definition) is 3. The van der Waals surface area contributed by atoms with Gasteiger partial charge in [0.1, 0.15) is 0 Å². The lowest BCUT2D eigenvalue weighted by Crippen LogP contribution is -2.50. The lowest BCUT2D eigenvalue weighted by atomic mass is 9.51. The van der Waals surface area contributed by atoms with Gasteiger partial charge in [0.05, 0.1) is 18.3 Å². The van der Waals surface area contributed by atoms with E-state index >= 15 is 0 Å². The number of allylic oxidation sites excluding steroid dienone is 3. The van der Waals surface area contributed by atoms with Gasteiger partial charge in [0.2, 0.25) is 0 Å². The average molecular weight is 304 g/mol. The van der Waals surface area contributed by atoms with Gasteiger partial charge in [-0.15, -0.1) is 0 Å². The fourth-order valence-corrected chi connectivity index (χ4v) is 6.01. The smallest absolute Gasteiger partial charge is 0.0836 e. The molecule has 122 valence electrons. The third-order valence-corrected chi connectivity index (χ3v) is 7.55. The zero-order valence-electron chi connectivity index (χ0n) is 13.6. The van der Waals surface area contributed by atoms with Crippen LogP contribution in [0.4, 0.5) is 0 Å². The van der Waals surface area contributed by atoms with Gasteiger partial charge in [0, 0.05) is 5.41 Å². The van der Waals surface area contributed by atoms with E-state index in [2.05, 4.69) is 26.0 Å². The van der Waals surface area contributed by atoms with Crippen molar-refractivity contribution in [1.29, 1.82) is 0 Å². The van der Waals surface area contributed by atoms with E-state index in [9.17, 15) is 15.3 Å². The molecule has 7 atom stereocenters. The number of aliphatic hydroxyl groups excluding tert-OH is 3. The molecule has 4 aliphatic rings. The molecular weight excluding hydrogens is 276 g/mol. The number of hydrogen-bond acceptors (Lipinski definition) is 3. The third kappa shape index (κ3) is 1.79. The Hall–Kier alpha value is -0.640. The summed E-state index contributed by atoms with van der Waals surface area (Å²) in [6.07, 6.45) is 8.52. The van der Waals surface area contributed by atoms with Gasteiger partial charge in [-0.05, 0) is 55.8 Å².